The van der Waals surface area contributed by atoms with Gasteiger partial charge in [0.25, 0.3) is 10.0 Å². The molecule has 0 aliphatic heterocycles. The number of nitrogens with zero attached hydrogens (tertiary/aromatic N) is 1. The van der Waals surface area contributed by atoms with E-state index in [0.29, 0.717) is 24.6 Å². The Labute approximate surface area is 146 Å². The van der Waals surface area contributed by atoms with E-state index in [-0.39, 0.29) is 11.2 Å². The van der Waals surface area contributed by atoms with E-state index in [2.05, 4.69) is 14.7 Å². The van der Waals surface area contributed by atoms with Gasteiger partial charge in [-0.25, -0.2) is 13.6 Å². The summed E-state index contributed by atoms with van der Waals surface area (Å²) in [5.74, 6) is 3.10. The van der Waals surface area contributed by atoms with Gasteiger partial charge in [0.1, 0.15) is 11.5 Å². The van der Waals surface area contributed by atoms with E-state index in [9.17, 15) is 13.0 Å². The molecule has 1 unspecified atom stereocenters. The summed E-state index contributed by atoms with van der Waals surface area (Å²) in [6.45, 7) is 1.06. The first-order valence-electron chi connectivity index (χ1n) is 6.88. The Hall–Kier alpha value is -1.31. The maximum absolute atomic E-state index is 11.7. The number of thioether (sulfide) groups is 1. The summed E-state index contributed by atoms with van der Waals surface area (Å²) in [4.78, 5) is 4.13. The van der Waals surface area contributed by atoms with Gasteiger partial charge < -0.3 is 20.0 Å². The van der Waals surface area contributed by atoms with Crippen LogP contribution in [0.5, 0.6) is 0 Å². The van der Waals surface area contributed by atoms with Crippen molar-refractivity contribution in [3.8, 4) is 0 Å². The number of nitrogen functional groups attached to an aromatic ring is 1. The lowest BCUT2D eigenvalue weighted by atomic mass is 10.4. The van der Waals surface area contributed by atoms with Crippen molar-refractivity contribution < 1.29 is 17.4 Å². The molecule has 24 heavy (non-hydrogen) atoms. The van der Waals surface area contributed by atoms with Gasteiger partial charge in [-0.3, -0.25) is 4.99 Å². The summed E-state index contributed by atoms with van der Waals surface area (Å²) in [5, 5.41) is 7.98. The first kappa shape index (κ1) is 19.0. The first-order chi connectivity index (χ1) is 11.3. The lowest BCUT2D eigenvalue weighted by molar-refractivity contribution is 0.469. The van der Waals surface area contributed by atoms with Crippen LogP contribution in [-0.2, 0) is 22.3 Å². The van der Waals surface area contributed by atoms with Crippen molar-refractivity contribution in [3.05, 3.63) is 29.1 Å². The second-order valence-corrected chi connectivity index (χ2v) is 8.81. The molecule has 0 bridgehead atoms. The topological polar surface area (TPSA) is 163 Å². The smallest absolute Gasteiger partial charge is 0.326 e. The number of primary sulfonamides is 1. The predicted octanol–water partition coefficient (Wildman–Crippen LogP) is 0.118. The molecule has 2 aromatic rings. The SMILES string of the molecule is CNCc1ccc(CSCCN=c2[nH][s+]([O-])c(S(N)(=O)=O)c2N)o1. The zero-order valence-electron chi connectivity index (χ0n) is 12.9. The van der Waals surface area contributed by atoms with Crippen LogP contribution in [0.1, 0.15) is 11.5 Å². The van der Waals surface area contributed by atoms with E-state index < -0.39 is 25.2 Å². The molecule has 0 aromatic carbocycles. The molecule has 6 N–H and O–H groups in total. The van der Waals surface area contributed by atoms with E-state index in [1.807, 2.05) is 19.2 Å². The molecule has 2 rings (SSSR count). The van der Waals surface area contributed by atoms with E-state index in [1.165, 1.54) is 0 Å². The average Bonchev–Trinajstić information content (AvgIpc) is 3.03. The summed E-state index contributed by atoms with van der Waals surface area (Å²) in [6, 6.07) is 3.84. The van der Waals surface area contributed by atoms with Crippen molar-refractivity contribution in [3.63, 3.8) is 0 Å². The lowest BCUT2D eigenvalue weighted by Crippen LogP contribution is -2.16. The normalized spacial score (nSPS) is 13.6. The van der Waals surface area contributed by atoms with Crippen LogP contribution in [0.25, 0.3) is 0 Å². The number of hydrogen-bond donors (Lipinski definition) is 4. The van der Waals surface area contributed by atoms with Gasteiger partial charge in [-0.05, 0) is 19.2 Å². The van der Waals surface area contributed by atoms with Crippen LogP contribution in [0.15, 0.2) is 25.8 Å². The van der Waals surface area contributed by atoms with Gasteiger partial charge in [0.15, 0.2) is 11.2 Å². The third kappa shape index (κ3) is 4.84. The molecule has 0 amide bonds. The van der Waals surface area contributed by atoms with Crippen LogP contribution in [0.3, 0.4) is 0 Å². The van der Waals surface area contributed by atoms with Gasteiger partial charge in [0, 0.05) is 5.75 Å². The molecule has 134 valence electrons. The van der Waals surface area contributed by atoms with E-state index in [4.69, 9.17) is 15.3 Å². The number of aromatic amines is 1. The molecule has 0 spiro atoms. The minimum absolute atomic E-state index is 0.0901. The minimum Gasteiger partial charge on any atom is -0.569 e. The van der Waals surface area contributed by atoms with Crippen molar-refractivity contribution in [2.24, 2.45) is 10.1 Å². The average molecular weight is 394 g/mol. The van der Waals surface area contributed by atoms with Crippen molar-refractivity contribution in [1.29, 1.82) is 0 Å². The highest BCUT2D eigenvalue weighted by molar-refractivity contribution is 7.98. The number of hydrogen-bond acceptors (Lipinski definition) is 8. The third-order valence-corrected chi connectivity index (χ3v) is 6.69. The van der Waals surface area contributed by atoms with Crippen molar-refractivity contribution in [1.82, 2.24) is 9.69 Å². The summed E-state index contributed by atoms with van der Waals surface area (Å²) < 4.78 is 41.8. The fraction of sp³-hybridized carbons (Fsp3) is 0.417. The fourth-order valence-electron chi connectivity index (χ4n) is 1.93. The summed E-state index contributed by atoms with van der Waals surface area (Å²) >= 11 is 1.60. The summed E-state index contributed by atoms with van der Waals surface area (Å²) in [7, 11) is -4.26. The highest BCUT2D eigenvalue weighted by Crippen LogP contribution is 2.24. The molecule has 0 aliphatic rings. The van der Waals surface area contributed by atoms with E-state index in [1.54, 1.807) is 11.8 Å². The minimum atomic E-state index is -4.12. The Bertz CT molecular complexity index is 852. The molecule has 1 atom stereocenters. The molecule has 0 saturated heterocycles. The largest absolute Gasteiger partial charge is 0.569 e. The predicted molar refractivity (Wildman–Crippen MR) is 93.3 cm³/mol. The van der Waals surface area contributed by atoms with Crippen LogP contribution < -0.4 is 21.7 Å². The molecule has 0 aliphatic carbocycles. The van der Waals surface area contributed by atoms with Gasteiger partial charge in [-0.2, -0.15) is 16.1 Å². The molecule has 0 saturated carbocycles. The first-order valence-corrected chi connectivity index (χ1v) is 10.7. The maximum atomic E-state index is 11.7. The summed E-state index contributed by atoms with van der Waals surface area (Å²) in [5.41, 5.74) is 5.54. The van der Waals surface area contributed by atoms with Crippen molar-refractivity contribution in [2.75, 3.05) is 25.1 Å². The molecule has 0 radical (unpaired) electrons. The Balaban J connectivity index is 1.90. The summed E-state index contributed by atoms with van der Waals surface area (Å²) in [6.07, 6.45) is 0. The standard InChI is InChI=1S/C12H19N5O4S3/c1-15-6-8-2-3-9(21-8)7-22-5-4-16-11-10(13)12(23(18)17-11)24(14,19)20/h2-3,15H,4-7,13H2,1H3,(H,16,17)(H2,14,19,20). The van der Waals surface area contributed by atoms with Crippen LogP contribution in [0, 0.1) is 0 Å². The number of aromatic nitrogens is 1. The van der Waals surface area contributed by atoms with Crippen LogP contribution in [-0.4, -0.2) is 36.7 Å². The van der Waals surface area contributed by atoms with Gasteiger partial charge >= 0.3 is 4.21 Å². The Morgan fingerprint density at radius 2 is 2.17 bits per heavy atom. The Morgan fingerprint density at radius 1 is 1.46 bits per heavy atom. The number of anilines is 1. The van der Waals surface area contributed by atoms with Crippen molar-refractivity contribution >= 4 is 38.4 Å². The monoisotopic (exact) mass is 393 g/mol. The fourth-order valence-corrected chi connectivity index (χ4v) is 4.76. The number of furan rings is 1. The molecular weight excluding hydrogens is 374 g/mol. The van der Waals surface area contributed by atoms with Crippen LogP contribution in [0.2, 0.25) is 0 Å². The third-order valence-electron chi connectivity index (χ3n) is 2.91. The zero-order chi connectivity index (χ0) is 17.7. The second-order valence-electron chi connectivity index (χ2n) is 4.80. The highest BCUT2D eigenvalue weighted by Gasteiger charge is 2.27. The molecule has 12 heteroatoms. The number of nitrogens with one attached hydrogen (secondary N) is 2. The molecule has 0 fully saturated rings. The maximum Gasteiger partial charge on any atom is 0.326 e. The molecule has 2 aromatic heterocycles. The number of sulfonamides is 1. The number of rotatable bonds is 8. The number of H-pyrrole nitrogens is 1. The Morgan fingerprint density at radius 3 is 2.79 bits per heavy atom. The number of nitrogens with two attached hydrogens (primary N) is 2. The molecular formula is C12H19N5O4S3. The van der Waals surface area contributed by atoms with Crippen molar-refractivity contribution in [2.45, 2.75) is 16.5 Å². The van der Waals surface area contributed by atoms with Gasteiger partial charge in [-0.15, -0.1) is 0 Å². The zero-order valence-corrected chi connectivity index (χ0v) is 15.4. The van der Waals surface area contributed by atoms with Gasteiger partial charge in [-0.1, -0.05) is 0 Å². The van der Waals surface area contributed by atoms with Gasteiger partial charge in [0.05, 0.1) is 29.8 Å². The molecule has 9 nitrogen and oxygen atoms in total. The second kappa shape index (κ2) is 8.18. The molecule has 2 heterocycles. The van der Waals surface area contributed by atoms with Crippen LogP contribution in [0.4, 0.5) is 5.69 Å². The van der Waals surface area contributed by atoms with Gasteiger partial charge in [0.2, 0.25) is 0 Å². The lowest BCUT2D eigenvalue weighted by Gasteiger charge is -1.97. The van der Waals surface area contributed by atoms with E-state index in [0.717, 1.165) is 11.5 Å². The highest BCUT2D eigenvalue weighted by atomic mass is 32.3. The Kier molecular flexibility index (Phi) is 6.48. The van der Waals surface area contributed by atoms with Crippen LogP contribution >= 0.6 is 22.7 Å². The quantitative estimate of drug-likeness (QED) is 0.365. The van der Waals surface area contributed by atoms with E-state index >= 15 is 0 Å².